The summed E-state index contributed by atoms with van der Waals surface area (Å²) in [6.07, 6.45) is 3.49. The third-order valence-electron chi connectivity index (χ3n) is 2.84. The molecule has 2 aromatic rings. The van der Waals surface area contributed by atoms with Crippen LogP contribution in [-0.4, -0.2) is 10.9 Å². The summed E-state index contributed by atoms with van der Waals surface area (Å²) in [5.74, 6) is -0.101. The molecule has 82 valence electrons. The van der Waals surface area contributed by atoms with Crippen LogP contribution in [0.4, 0.5) is 0 Å². The highest BCUT2D eigenvalue weighted by molar-refractivity contribution is 6.32. The van der Waals surface area contributed by atoms with Crippen LogP contribution in [0.3, 0.4) is 0 Å². The molecule has 0 bridgehead atoms. The van der Waals surface area contributed by atoms with Crippen LogP contribution >= 0.6 is 0 Å². The van der Waals surface area contributed by atoms with Crippen LogP contribution in [0.5, 0.6) is 0 Å². The van der Waals surface area contributed by atoms with Crippen molar-refractivity contribution in [2.75, 3.05) is 0 Å². The van der Waals surface area contributed by atoms with Gasteiger partial charge in [0.15, 0.2) is 12.4 Å². The average Bonchev–Trinajstić information content (AvgIpc) is 2.64. The smallest absolute Gasteiger partial charge is 0.301 e. The fourth-order valence-corrected chi connectivity index (χ4v) is 2.04. The Labute approximate surface area is 98.3 Å². The van der Waals surface area contributed by atoms with Gasteiger partial charge < -0.3 is 5.11 Å². The molecule has 1 aromatic carbocycles. The normalized spacial score (nSPS) is 14.0. The zero-order valence-electron chi connectivity index (χ0n) is 9.00. The number of nitrogens with zero attached hydrogens (tertiary/aromatic N) is 1. The Kier molecular flexibility index (Phi) is 2.05. The third-order valence-corrected chi connectivity index (χ3v) is 2.84. The zero-order chi connectivity index (χ0) is 11.8. The van der Waals surface area contributed by atoms with E-state index in [0.717, 1.165) is 0 Å². The number of benzene rings is 1. The molecule has 1 heterocycles. The summed E-state index contributed by atoms with van der Waals surface area (Å²) in [7, 11) is 0. The van der Waals surface area contributed by atoms with Gasteiger partial charge in [-0.15, -0.1) is 0 Å². The van der Waals surface area contributed by atoms with Crippen molar-refractivity contribution in [2.45, 2.75) is 0 Å². The molecular formula is C14H10NO2+. The quantitative estimate of drug-likeness (QED) is 0.753. The highest BCUT2D eigenvalue weighted by Crippen LogP contribution is 2.30. The highest BCUT2D eigenvalue weighted by Gasteiger charge is 2.36. The van der Waals surface area contributed by atoms with E-state index >= 15 is 0 Å². The van der Waals surface area contributed by atoms with Gasteiger partial charge in [0.05, 0.1) is 0 Å². The number of hydrogen-bond acceptors (Lipinski definition) is 2. The summed E-state index contributed by atoms with van der Waals surface area (Å²) in [6, 6.07) is 12.6. The van der Waals surface area contributed by atoms with Gasteiger partial charge in [0.2, 0.25) is 5.76 Å². The van der Waals surface area contributed by atoms with Crippen molar-refractivity contribution in [2.24, 2.45) is 0 Å². The first-order chi connectivity index (χ1) is 8.29. The second-order valence-corrected chi connectivity index (χ2v) is 3.85. The fraction of sp³-hybridized carbons (Fsp3) is 0. The first kappa shape index (κ1) is 9.78. The van der Waals surface area contributed by atoms with Gasteiger partial charge in [-0.3, -0.25) is 4.79 Å². The van der Waals surface area contributed by atoms with Crippen molar-refractivity contribution >= 4 is 17.2 Å². The number of fused-ring (bicyclic) bond motifs is 1. The van der Waals surface area contributed by atoms with E-state index in [1.807, 2.05) is 18.2 Å². The molecule has 3 heteroatoms. The van der Waals surface area contributed by atoms with Crippen molar-refractivity contribution in [3.8, 4) is 0 Å². The van der Waals surface area contributed by atoms with Gasteiger partial charge in [-0.2, -0.15) is 4.57 Å². The third kappa shape index (κ3) is 1.36. The van der Waals surface area contributed by atoms with Gasteiger partial charge in [0.25, 0.3) is 5.78 Å². The van der Waals surface area contributed by atoms with Crippen LogP contribution < -0.4 is 4.57 Å². The van der Waals surface area contributed by atoms with E-state index < -0.39 is 0 Å². The van der Waals surface area contributed by atoms with Crippen LogP contribution in [0.15, 0.2) is 54.9 Å². The molecule has 0 spiro atoms. The van der Waals surface area contributed by atoms with Gasteiger partial charge in [-0.25, -0.2) is 0 Å². The fourth-order valence-electron chi connectivity index (χ4n) is 2.04. The summed E-state index contributed by atoms with van der Waals surface area (Å²) in [6.45, 7) is 0. The molecule has 0 unspecified atom stereocenters. The number of Topliss-reactive ketones (excluding diaryl/α,β-unsaturated/α-hetero) is 1. The van der Waals surface area contributed by atoms with E-state index in [2.05, 4.69) is 0 Å². The maximum atomic E-state index is 12.2. The Morgan fingerprint density at radius 1 is 0.882 bits per heavy atom. The molecule has 0 aliphatic heterocycles. The lowest BCUT2D eigenvalue weighted by Gasteiger charge is -1.94. The van der Waals surface area contributed by atoms with Gasteiger partial charge in [-0.05, 0) is 0 Å². The van der Waals surface area contributed by atoms with Crippen LogP contribution in [0.2, 0.25) is 0 Å². The number of pyridine rings is 1. The first-order valence-electron chi connectivity index (χ1n) is 5.33. The first-order valence-corrected chi connectivity index (χ1v) is 5.33. The molecule has 1 aliphatic carbocycles. The van der Waals surface area contributed by atoms with Crippen LogP contribution in [0, 0.1) is 0 Å². The van der Waals surface area contributed by atoms with Crippen molar-refractivity contribution in [1.82, 2.24) is 0 Å². The van der Waals surface area contributed by atoms with E-state index in [1.54, 1.807) is 41.2 Å². The second kappa shape index (κ2) is 3.56. The lowest BCUT2D eigenvalue weighted by molar-refractivity contribution is -0.576. The zero-order valence-corrected chi connectivity index (χ0v) is 9.00. The maximum Gasteiger partial charge on any atom is 0.301 e. The molecule has 0 fully saturated rings. The molecule has 1 aliphatic rings. The van der Waals surface area contributed by atoms with Gasteiger partial charge in [-0.1, -0.05) is 30.3 Å². The number of ketones is 1. The van der Waals surface area contributed by atoms with E-state index in [9.17, 15) is 9.90 Å². The van der Waals surface area contributed by atoms with Crippen molar-refractivity contribution < 1.29 is 14.5 Å². The molecule has 0 radical (unpaired) electrons. The summed E-state index contributed by atoms with van der Waals surface area (Å²) in [4.78, 5) is 12.2. The lowest BCUT2D eigenvalue weighted by Crippen LogP contribution is -2.34. The van der Waals surface area contributed by atoms with Crippen molar-refractivity contribution in [3.05, 3.63) is 66.0 Å². The Hall–Kier alpha value is -2.42. The minimum Gasteiger partial charge on any atom is -0.502 e. The van der Waals surface area contributed by atoms with E-state index in [-0.39, 0.29) is 11.5 Å². The molecule has 17 heavy (non-hydrogen) atoms. The number of allylic oxidation sites excluding steroid dienone is 1. The summed E-state index contributed by atoms with van der Waals surface area (Å²) in [5.41, 5.74) is 1.46. The number of rotatable bonds is 1. The average molecular weight is 224 g/mol. The number of hydrogen-bond donors (Lipinski definition) is 1. The molecular weight excluding hydrogens is 214 g/mol. The van der Waals surface area contributed by atoms with Gasteiger partial charge in [0, 0.05) is 23.3 Å². The molecule has 0 atom stereocenters. The largest absolute Gasteiger partial charge is 0.502 e. The standard InChI is InChI=1S/C14H9NO2/c16-13-10-6-2-3-7-11(10)14(17)12(13)15-8-4-1-5-9-15/h1-9H/p+1. The minimum atomic E-state index is -0.144. The maximum absolute atomic E-state index is 12.2. The monoisotopic (exact) mass is 224 g/mol. The molecule has 0 saturated carbocycles. The van der Waals surface area contributed by atoms with Crippen LogP contribution in [0.25, 0.3) is 11.5 Å². The molecule has 0 saturated heterocycles. The Morgan fingerprint density at radius 3 is 2.18 bits per heavy atom. The highest BCUT2D eigenvalue weighted by atomic mass is 16.3. The predicted molar refractivity (Wildman–Crippen MR) is 63.1 cm³/mol. The van der Waals surface area contributed by atoms with Gasteiger partial charge in [0.1, 0.15) is 0 Å². The van der Waals surface area contributed by atoms with E-state index in [1.165, 1.54) is 0 Å². The lowest BCUT2D eigenvalue weighted by atomic mass is 10.1. The SMILES string of the molecule is O=C1C([n+]2ccccc2)=C(O)c2ccccc21. The second-order valence-electron chi connectivity index (χ2n) is 3.85. The van der Waals surface area contributed by atoms with Crippen LogP contribution in [-0.2, 0) is 0 Å². The van der Waals surface area contributed by atoms with E-state index in [4.69, 9.17) is 0 Å². The Morgan fingerprint density at radius 2 is 1.53 bits per heavy atom. The van der Waals surface area contributed by atoms with Crippen molar-refractivity contribution in [1.29, 1.82) is 0 Å². The number of aliphatic hydroxyl groups excluding tert-OH is 1. The number of carbonyl (C=O) groups excluding carboxylic acids is 1. The Bertz CT molecular complexity index is 630. The van der Waals surface area contributed by atoms with Gasteiger partial charge >= 0.3 is 5.70 Å². The molecule has 0 amide bonds. The molecule has 1 N–H and O–H groups in total. The van der Waals surface area contributed by atoms with Crippen molar-refractivity contribution in [3.63, 3.8) is 0 Å². The van der Waals surface area contributed by atoms with Crippen LogP contribution in [0.1, 0.15) is 15.9 Å². The summed E-state index contributed by atoms with van der Waals surface area (Å²) >= 11 is 0. The minimum absolute atomic E-state index is 0.0433. The number of aliphatic hydroxyl groups is 1. The molecule has 3 nitrogen and oxygen atoms in total. The molecule has 3 rings (SSSR count). The summed E-state index contributed by atoms with van der Waals surface area (Å²) < 4.78 is 1.64. The summed E-state index contributed by atoms with van der Waals surface area (Å²) in [5, 5.41) is 10.1. The number of aromatic nitrogens is 1. The van der Waals surface area contributed by atoms with E-state index in [0.29, 0.717) is 16.8 Å². The number of carbonyl (C=O) groups is 1. The Balaban J connectivity index is 2.22. The topological polar surface area (TPSA) is 41.2 Å². The predicted octanol–water partition coefficient (Wildman–Crippen LogP) is 2.05. The molecule has 1 aromatic heterocycles.